The Bertz CT molecular complexity index is 391. The van der Waals surface area contributed by atoms with Gasteiger partial charge >= 0.3 is 0 Å². The molecule has 1 aromatic carbocycles. The summed E-state index contributed by atoms with van der Waals surface area (Å²) in [5, 5.41) is 9.29. The lowest BCUT2D eigenvalue weighted by Crippen LogP contribution is -2.22. The summed E-state index contributed by atoms with van der Waals surface area (Å²) in [5.41, 5.74) is 0. The zero-order chi connectivity index (χ0) is 11.7. The minimum absolute atomic E-state index is 0.224. The van der Waals surface area contributed by atoms with Gasteiger partial charge in [0, 0.05) is 6.07 Å². The third-order valence-corrected chi connectivity index (χ3v) is 4.00. The van der Waals surface area contributed by atoms with E-state index >= 15 is 0 Å². The maximum atomic E-state index is 9.29. The molecule has 92 valence electrons. The molecular weight excluding hydrogens is 216 g/mol. The Hall–Kier alpha value is -1.22. The first-order valence-corrected chi connectivity index (χ1v) is 6.34. The van der Waals surface area contributed by atoms with Gasteiger partial charge in [-0.25, -0.2) is 0 Å². The Morgan fingerprint density at radius 1 is 1.24 bits per heavy atom. The Labute approximate surface area is 101 Å². The number of phenols is 1. The van der Waals surface area contributed by atoms with Crippen molar-refractivity contribution >= 4 is 0 Å². The summed E-state index contributed by atoms with van der Waals surface area (Å²) in [7, 11) is 0. The molecule has 0 amide bonds. The van der Waals surface area contributed by atoms with Crippen molar-refractivity contribution in [2.24, 2.45) is 11.8 Å². The predicted octanol–water partition coefficient (Wildman–Crippen LogP) is 2.93. The first kappa shape index (κ1) is 10.9. The van der Waals surface area contributed by atoms with E-state index in [1.165, 1.54) is 25.7 Å². The van der Waals surface area contributed by atoms with Crippen LogP contribution in [0.3, 0.4) is 0 Å². The Morgan fingerprint density at radius 2 is 2.18 bits per heavy atom. The number of ether oxygens (including phenoxy) is 2. The van der Waals surface area contributed by atoms with E-state index in [2.05, 4.69) is 0 Å². The average Bonchev–Trinajstić information content (AvgIpc) is 2.91. The summed E-state index contributed by atoms with van der Waals surface area (Å²) >= 11 is 0. The average molecular weight is 234 g/mol. The third-order valence-electron chi connectivity index (χ3n) is 4.00. The van der Waals surface area contributed by atoms with E-state index in [-0.39, 0.29) is 12.5 Å². The Balaban J connectivity index is 1.46. The standard InChI is InChI=1S/C14H18O3/c15-12-2-1-3-13(8-12)16-9-17-14-7-10-4-5-11(14)6-10/h1-3,8,10-11,14-15H,4-7,9H2. The Kier molecular flexibility index (Phi) is 2.93. The van der Waals surface area contributed by atoms with Crippen LogP contribution in [0.4, 0.5) is 0 Å². The highest BCUT2D eigenvalue weighted by atomic mass is 16.7. The number of fused-ring (bicyclic) bond motifs is 2. The smallest absolute Gasteiger partial charge is 0.189 e. The minimum Gasteiger partial charge on any atom is -0.508 e. The maximum Gasteiger partial charge on any atom is 0.189 e. The molecule has 2 fully saturated rings. The predicted molar refractivity (Wildman–Crippen MR) is 63.9 cm³/mol. The fraction of sp³-hybridized carbons (Fsp3) is 0.571. The van der Waals surface area contributed by atoms with Crippen LogP contribution in [0.15, 0.2) is 24.3 Å². The molecule has 0 spiro atoms. The van der Waals surface area contributed by atoms with Crippen LogP contribution in [-0.4, -0.2) is 18.0 Å². The molecule has 2 aliphatic carbocycles. The number of phenolic OH excluding ortho intramolecular Hbond substituents is 1. The van der Waals surface area contributed by atoms with Crippen LogP contribution in [-0.2, 0) is 4.74 Å². The van der Waals surface area contributed by atoms with Gasteiger partial charge in [0.25, 0.3) is 0 Å². The topological polar surface area (TPSA) is 38.7 Å². The second-order valence-corrected chi connectivity index (χ2v) is 5.14. The van der Waals surface area contributed by atoms with Crippen LogP contribution >= 0.6 is 0 Å². The minimum atomic E-state index is 0.224. The molecule has 1 aromatic rings. The van der Waals surface area contributed by atoms with Crippen molar-refractivity contribution in [1.82, 2.24) is 0 Å². The zero-order valence-corrected chi connectivity index (χ0v) is 9.84. The lowest BCUT2D eigenvalue weighted by Gasteiger charge is -2.21. The van der Waals surface area contributed by atoms with Gasteiger partial charge in [-0.15, -0.1) is 0 Å². The van der Waals surface area contributed by atoms with E-state index < -0.39 is 0 Å². The highest BCUT2D eigenvalue weighted by molar-refractivity contribution is 5.31. The van der Waals surface area contributed by atoms with Crippen LogP contribution in [0, 0.1) is 11.8 Å². The molecule has 3 heteroatoms. The van der Waals surface area contributed by atoms with Gasteiger partial charge in [-0.1, -0.05) is 6.07 Å². The molecule has 3 atom stereocenters. The molecule has 0 saturated heterocycles. The van der Waals surface area contributed by atoms with Gasteiger partial charge in [0.1, 0.15) is 11.5 Å². The molecule has 0 radical (unpaired) electrons. The zero-order valence-electron chi connectivity index (χ0n) is 9.84. The highest BCUT2D eigenvalue weighted by Crippen LogP contribution is 2.45. The molecule has 2 saturated carbocycles. The lowest BCUT2D eigenvalue weighted by molar-refractivity contribution is -0.0577. The van der Waals surface area contributed by atoms with Gasteiger partial charge in [-0.05, 0) is 49.7 Å². The van der Waals surface area contributed by atoms with Crippen LogP contribution in [0.2, 0.25) is 0 Å². The summed E-state index contributed by atoms with van der Waals surface area (Å²) in [6.45, 7) is 0.289. The van der Waals surface area contributed by atoms with Crippen LogP contribution in [0.25, 0.3) is 0 Å². The normalized spacial score (nSPS) is 30.7. The largest absolute Gasteiger partial charge is 0.508 e. The number of hydrogen-bond acceptors (Lipinski definition) is 3. The van der Waals surface area contributed by atoms with Crippen molar-refractivity contribution in [3.63, 3.8) is 0 Å². The van der Waals surface area contributed by atoms with Gasteiger partial charge in [0.2, 0.25) is 0 Å². The van der Waals surface area contributed by atoms with Crippen molar-refractivity contribution in [2.45, 2.75) is 31.8 Å². The lowest BCUT2D eigenvalue weighted by atomic mass is 9.98. The summed E-state index contributed by atoms with van der Waals surface area (Å²) in [6.07, 6.45) is 5.65. The third kappa shape index (κ3) is 2.39. The number of aromatic hydroxyl groups is 1. The van der Waals surface area contributed by atoms with Crippen molar-refractivity contribution in [2.75, 3.05) is 6.79 Å². The van der Waals surface area contributed by atoms with Crippen LogP contribution in [0.1, 0.15) is 25.7 Å². The van der Waals surface area contributed by atoms with E-state index in [9.17, 15) is 5.11 Å². The molecule has 3 nitrogen and oxygen atoms in total. The maximum absolute atomic E-state index is 9.29. The van der Waals surface area contributed by atoms with E-state index in [1.807, 2.05) is 6.07 Å². The highest BCUT2D eigenvalue weighted by Gasteiger charge is 2.40. The van der Waals surface area contributed by atoms with E-state index in [0.717, 1.165) is 11.8 Å². The van der Waals surface area contributed by atoms with Crippen molar-refractivity contribution < 1.29 is 14.6 Å². The van der Waals surface area contributed by atoms with Crippen LogP contribution < -0.4 is 4.74 Å². The SMILES string of the molecule is Oc1cccc(OCOC2CC3CCC2C3)c1. The Morgan fingerprint density at radius 3 is 2.88 bits per heavy atom. The second-order valence-electron chi connectivity index (χ2n) is 5.14. The van der Waals surface area contributed by atoms with Crippen molar-refractivity contribution in [1.29, 1.82) is 0 Å². The van der Waals surface area contributed by atoms with Crippen molar-refractivity contribution in [3.8, 4) is 11.5 Å². The molecule has 2 bridgehead atoms. The second kappa shape index (κ2) is 4.57. The van der Waals surface area contributed by atoms with E-state index in [0.29, 0.717) is 11.9 Å². The fourth-order valence-corrected chi connectivity index (χ4v) is 3.15. The van der Waals surface area contributed by atoms with Crippen LogP contribution in [0.5, 0.6) is 11.5 Å². The molecular formula is C14H18O3. The van der Waals surface area contributed by atoms with Gasteiger partial charge < -0.3 is 14.6 Å². The number of hydrogen-bond donors (Lipinski definition) is 1. The summed E-state index contributed by atoms with van der Waals surface area (Å²) in [6, 6.07) is 6.82. The van der Waals surface area contributed by atoms with E-state index in [4.69, 9.17) is 9.47 Å². The molecule has 0 aliphatic heterocycles. The van der Waals surface area contributed by atoms with Gasteiger partial charge in [0.05, 0.1) is 6.10 Å². The molecule has 2 aliphatic rings. The molecule has 3 unspecified atom stereocenters. The molecule has 17 heavy (non-hydrogen) atoms. The number of benzene rings is 1. The molecule has 0 aromatic heterocycles. The first-order chi connectivity index (χ1) is 8.31. The molecule has 3 rings (SSSR count). The van der Waals surface area contributed by atoms with Crippen molar-refractivity contribution in [3.05, 3.63) is 24.3 Å². The summed E-state index contributed by atoms with van der Waals surface area (Å²) < 4.78 is 11.3. The fourth-order valence-electron chi connectivity index (χ4n) is 3.15. The summed E-state index contributed by atoms with van der Waals surface area (Å²) in [4.78, 5) is 0. The number of rotatable bonds is 4. The van der Waals surface area contributed by atoms with Gasteiger partial charge in [0.15, 0.2) is 6.79 Å². The first-order valence-electron chi connectivity index (χ1n) is 6.34. The molecule has 1 N–H and O–H groups in total. The van der Waals surface area contributed by atoms with Gasteiger partial charge in [-0.2, -0.15) is 0 Å². The summed E-state index contributed by atoms with van der Waals surface area (Å²) in [5.74, 6) is 2.54. The monoisotopic (exact) mass is 234 g/mol. The molecule has 0 heterocycles. The van der Waals surface area contributed by atoms with Gasteiger partial charge in [-0.3, -0.25) is 0 Å². The quantitative estimate of drug-likeness (QED) is 0.814. The van der Waals surface area contributed by atoms with E-state index in [1.54, 1.807) is 18.2 Å².